The number of rotatable bonds is 6. The van der Waals surface area contributed by atoms with Crippen molar-refractivity contribution < 1.29 is 14.3 Å². The number of nitrogens with one attached hydrogen (secondary N) is 3. The number of carbonyl (C=O) groups is 2. The molecular weight excluding hydrogens is 516 g/mol. The van der Waals surface area contributed by atoms with E-state index in [9.17, 15) is 9.59 Å². The predicted molar refractivity (Wildman–Crippen MR) is 150 cm³/mol. The van der Waals surface area contributed by atoms with E-state index in [0.717, 1.165) is 27.6 Å². The van der Waals surface area contributed by atoms with Crippen LogP contribution in [0.4, 0.5) is 16.3 Å². The third kappa shape index (κ3) is 4.79. The van der Waals surface area contributed by atoms with Gasteiger partial charge < -0.3 is 15.4 Å². The topological polar surface area (TPSA) is 125 Å². The number of hydrogen-bond donors (Lipinski definition) is 4. The van der Waals surface area contributed by atoms with E-state index in [4.69, 9.17) is 22.1 Å². The Kier molecular flexibility index (Phi) is 6.40. The number of H-pyrrole nitrogens is 1. The molecule has 6 rings (SSSR count). The molecule has 0 bridgehead atoms. The summed E-state index contributed by atoms with van der Waals surface area (Å²) in [6, 6.07) is 20.5. The molecule has 3 heterocycles. The summed E-state index contributed by atoms with van der Waals surface area (Å²) in [4.78, 5) is 28.3. The smallest absolute Gasteiger partial charge is 0.412 e. The van der Waals surface area contributed by atoms with Gasteiger partial charge >= 0.3 is 6.09 Å². The van der Waals surface area contributed by atoms with Gasteiger partial charge in [-0.15, -0.1) is 0 Å². The number of nitrogens with zero attached hydrogens (tertiary/aromatic N) is 2. The lowest BCUT2D eigenvalue weighted by atomic mass is 9.90. The molecular formula is C29H29ClN6O3. The molecule has 1 fully saturated rings. The van der Waals surface area contributed by atoms with Gasteiger partial charge in [-0.05, 0) is 54.8 Å². The molecule has 10 heteroatoms. The quantitative estimate of drug-likeness (QED) is 0.277. The van der Waals surface area contributed by atoms with Gasteiger partial charge in [0.15, 0.2) is 11.4 Å². The molecule has 3 unspecified atom stereocenters. The second kappa shape index (κ2) is 9.91. The summed E-state index contributed by atoms with van der Waals surface area (Å²) in [6.45, 7) is 2.75. The van der Waals surface area contributed by atoms with Gasteiger partial charge in [-0.2, -0.15) is 5.10 Å². The first kappa shape index (κ1) is 25.2. The molecule has 3 aromatic carbocycles. The van der Waals surface area contributed by atoms with Crippen LogP contribution in [0.5, 0.6) is 0 Å². The van der Waals surface area contributed by atoms with Crippen molar-refractivity contribution in [1.29, 1.82) is 0 Å². The SMILES string of the molecule is CC(NC(Cc1ccccc1)C(=O)N1CCC2(C1)OC(=O)Nc1ccc(Cl)cc12)c1ccc2c(N)n[nH]c2c1. The van der Waals surface area contributed by atoms with Crippen molar-refractivity contribution in [3.63, 3.8) is 0 Å². The number of fused-ring (bicyclic) bond motifs is 3. The molecule has 200 valence electrons. The highest BCUT2D eigenvalue weighted by Gasteiger charge is 2.49. The van der Waals surface area contributed by atoms with Crippen LogP contribution in [0.2, 0.25) is 5.02 Å². The number of benzene rings is 3. The van der Waals surface area contributed by atoms with Crippen LogP contribution in [-0.4, -0.2) is 46.2 Å². The maximum Gasteiger partial charge on any atom is 0.412 e. The van der Waals surface area contributed by atoms with Gasteiger partial charge in [-0.25, -0.2) is 4.79 Å². The molecule has 39 heavy (non-hydrogen) atoms. The van der Waals surface area contributed by atoms with Crippen molar-refractivity contribution in [3.8, 4) is 0 Å². The number of aromatic amines is 1. The van der Waals surface area contributed by atoms with E-state index >= 15 is 0 Å². The normalized spacial score (nSPS) is 19.9. The van der Waals surface area contributed by atoms with Gasteiger partial charge in [0.2, 0.25) is 5.91 Å². The Balaban J connectivity index is 1.27. The summed E-state index contributed by atoms with van der Waals surface area (Å²) in [7, 11) is 0. The van der Waals surface area contributed by atoms with Crippen molar-refractivity contribution in [2.45, 2.75) is 37.5 Å². The molecule has 3 atom stereocenters. The Hall–Kier alpha value is -4.08. The van der Waals surface area contributed by atoms with Crippen molar-refractivity contribution in [2.24, 2.45) is 0 Å². The van der Waals surface area contributed by atoms with E-state index in [2.05, 4.69) is 20.8 Å². The highest BCUT2D eigenvalue weighted by Crippen LogP contribution is 2.44. The zero-order valence-corrected chi connectivity index (χ0v) is 22.2. The van der Waals surface area contributed by atoms with E-state index in [1.807, 2.05) is 61.5 Å². The van der Waals surface area contributed by atoms with E-state index < -0.39 is 17.7 Å². The first-order valence-electron chi connectivity index (χ1n) is 12.9. The lowest BCUT2D eigenvalue weighted by Gasteiger charge is -2.36. The van der Waals surface area contributed by atoms with Crippen molar-refractivity contribution in [1.82, 2.24) is 20.4 Å². The van der Waals surface area contributed by atoms with Crippen molar-refractivity contribution in [3.05, 3.63) is 88.4 Å². The van der Waals surface area contributed by atoms with Crippen molar-refractivity contribution >= 4 is 46.0 Å². The molecule has 0 saturated carbocycles. The Morgan fingerprint density at radius 2 is 2.03 bits per heavy atom. The fourth-order valence-electron chi connectivity index (χ4n) is 5.66. The molecule has 9 nitrogen and oxygen atoms in total. The molecule has 2 aliphatic rings. The number of nitrogens with two attached hydrogens (primary N) is 1. The number of hydrogen-bond acceptors (Lipinski definition) is 6. The number of halogens is 1. The Bertz CT molecular complexity index is 1560. The highest BCUT2D eigenvalue weighted by molar-refractivity contribution is 6.30. The highest BCUT2D eigenvalue weighted by atomic mass is 35.5. The molecule has 2 amide bonds. The minimum Gasteiger partial charge on any atom is -0.436 e. The molecule has 0 radical (unpaired) electrons. The number of ether oxygens (including phenoxy) is 1. The predicted octanol–water partition coefficient (Wildman–Crippen LogP) is 4.75. The first-order valence-corrected chi connectivity index (χ1v) is 13.3. The fourth-order valence-corrected chi connectivity index (χ4v) is 5.83. The van der Waals surface area contributed by atoms with Gasteiger partial charge in [-0.1, -0.05) is 48.0 Å². The zero-order chi connectivity index (χ0) is 27.1. The van der Waals surface area contributed by atoms with Crippen LogP contribution in [-0.2, 0) is 21.6 Å². The summed E-state index contributed by atoms with van der Waals surface area (Å²) >= 11 is 6.30. The summed E-state index contributed by atoms with van der Waals surface area (Å²) in [5.41, 5.74) is 9.34. The third-order valence-corrected chi connectivity index (χ3v) is 7.92. The average molecular weight is 545 g/mol. The standard InChI is InChI=1S/C29H29ClN6O3/c1-17(19-7-9-21-24(14-19)34-35-26(21)31)32-25(13-18-5-3-2-4-6-18)27(37)36-12-11-29(16-36)22-15-20(30)8-10-23(22)33-28(38)39-29/h2-10,14-15,17,25,32H,11-13,16H2,1H3,(H,33,38)(H3,31,34,35). The Morgan fingerprint density at radius 1 is 1.21 bits per heavy atom. The fraction of sp³-hybridized carbons (Fsp3) is 0.276. The summed E-state index contributed by atoms with van der Waals surface area (Å²) in [5, 5.41) is 14.8. The number of likely N-dealkylation sites (tertiary alicyclic amines) is 1. The van der Waals surface area contributed by atoms with Crippen LogP contribution in [0.25, 0.3) is 10.9 Å². The van der Waals surface area contributed by atoms with Gasteiger partial charge in [0.1, 0.15) is 0 Å². The van der Waals surface area contributed by atoms with Crippen LogP contribution in [0, 0.1) is 0 Å². The summed E-state index contributed by atoms with van der Waals surface area (Å²) in [6.07, 6.45) is 0.475. The number of nitrogen functional groups attached to an aromatic ring is 1. The van der Waals surface area contributed by atoms with E-state index in [1.165, 1.54) is 0 Å². The summed E-state index contributed by atoms with van der Waals surface area (Å²) < 4.78 is 5.85. The van der Waals surface area contributed by atoms with Gasteiger partial charge in [-0.3, -0.25) is 20.5 Å². The molecule has 1 spiro atoms. The first-order chi connectivity index (χ1) is 18.8. The molecule has 2 aliphatic heterocycles. The molecule has 1 aromatic heterocycles. The second-order valence-corrected chi connectivity index (χ2v) is 10.7. The number of aromatic nitrogens is 2. The van der Waals surface area contributed by atoms with Crippen LogP contribution in [0.3, 0.4) is 0 Å². The number of carbonyl (C=O) groups excluding carboxylic acids is 2. The Morgan fingerprint density at radius 3 is 2.85 bits per heavy atom. The summed E-state index contributed by atoms with van der Waals surface area (Å²) in [5.74, 6) is 0.409. The molecule has 4 aromatic rings. The maximum atomic E-state index is 14.1. The second-order valence-electron chi connectivity index (χ2n) is 10.3. The van der Waals surface area contributed by atoms with Crippen LogP contribution in [0.1, 0.15) is 36.1 Å². The Labute approximate surface area is 230 Å². The molecule has 0 aliphatic carbocycles. The van der Waals surface area contributed by atoms with E-state index in [0.29, 0.717) is 35.9 Å². The molecule has 1 saturated heterocycles. The largest absolute Gasteiger partial charge is 0.436 e. The van der Waals surface area contributed by atoms with Crippen LogP contribution >= 0.6 is 11.6 Å². The van der Waals surface area contributed by atoms with Crippen molar-refractivity contribution in [2.75, 3.05) is 24.1 Å². The minimum atomic E-state index is -0.938. The average Bonchev–Trinajstić information content (AvgIpc) is 3.52. The van der Waals surface area contributed by atoms with Crippen LogP contribution < -0.4 is 16.4 Å². The minimum absolute atomic E-state index is 0.0485. The third-order valence-electron chi connectivity index (χ3n) is 7.69. The number of anilines is 2. The van der Waals surface area contributed by atoms with Gasteiger partial charge in [0, 0.05) is 35.0 Å². The van der Waals surface area contributed by atoms with Gasteiger partial charge in [0.25, 0.3) is 0 Å². The maximum absolute atomic E-state index is 14.1. The molecule has 5 N–H and O–H groups in total. The number of amides is 2. The zero-order valence-electron chi connectivity index (χ0n) is 21.4. The van der Waals surface area contributed by atoms with Gasteiger partial charge in [0.05, 0.1) is 23.8 Å². The lowest BCUT2D eigenvalue weighted by Crippen LogP contribution is -2.49. The monoisotopic (exact) mass is 544 g/mol. The van der Waals surface area contributed by atoms with E-state index in [-0.39, 0.29) is 18.5 Å². The van der Waals surface area contributed by atoms with E-state index in [1.54, 1.807) is 17.0 Å². The van der Waals surface area contributed by atoms with Crippen LogP contribution in [0.15, 0.2) is 66.7 Å². The lowest BCUT2D eigenvalue weighted by molar-refractivity contribution is -0.133.